The molecule has 1 saturated heterocycles. The Labute approximate surface area is 105 Å². The third-order valence-corrected chi connectivity index (χ3v) is 4.15. The van der Waals surface area contributed by atoms with Crippen LogP contribution in [-0.4, -0.2) is 37.0 Å². The normalized spacial score (nSPS) is 26.8. The summed E-state index contributed by atoms with van der Waals surface area (Å²) in [7, 11) is 2.06. The monoisotopic (exact) mass is 238 g/mol. The Kier molecular flexibility index (Phi) is 4.84. The summed E-state index contributed by atoms with van der Waals surface area (Å²) in [6.07, 6.45) is 10.4. The second-order valence-electron chi connectivity index (χ2n) is 5.59. The lowest BCUT2D eigenvalue weighted by Crippen LogP contribution is -2.40. The van der Waals surface area contributed by atoms with E-state index in [4.69, 9.17) is 10.1 Å². The Hall–Kier alpha value is -0.570. The molecule has 2 aliphatic rings. The largest absolute Gasteiger partial charge is 0.376 e. The van der Waals surface area contributed by atoms with E-state index in [0.717, 1.165) is 19.0 Å². The number of nitrogens with one attached hydrogen (secondary N) is 1. The van der Waals surface area contributed by atoms with Gasteiger partial charge in [-0.3, -0.25) is 5.41 Å². The van der Waals surface area contributed by atoms with Gasteiger partial charge in [0.2, 0.25) is 0 Å². The van der Waals surface area contributed by atoms with Crippen molar-refractivity contribution in [1.82, 2.24) is 4.90 Å². The summed E-state index contributed by atoms with van der Waals surface area (Å²) in [5.74, 6) is 1.36. The SMILES string of the molecule is CN(CC1CCCCO1)C(=N)C1CCCCC1. The van der Waals surface area contributed by atoms with Gasteiger partial charge in [-0.05, 0) is 32.1 Å². The van der Waals surface area contributed by atoms with Crippen LogP contribution in [0.15, 0.2) is 0 Å². The van der Waals surface area contributed by atoms with E-state index in [9.17, 15) is 0 Å². The van der Waals surface area contributed by atoms with Gasteiger partial charge in [-0.15, -0.1) is 0 Å². The fourth-order valence-electron chi connectivity index (χ4n) is 3.04. The van der Waals surface area contributed by atoms with Crippen LogP contribution in [0.3, 0.4) is 0 Å². The summed E-state index contributed by atoms with van der Waals surface area (Å²) in [6, 6.07) is 0. The Balaban J connectivity index is 1.77. The van der Waals surface area contributed by atoms with Crippen molar-refractivity contribution in [3.05, 3.63) is 0 Å². The van der Waals surface area contributed by atoms with Crippen molar-refractivity contribution in [2.45, 2.75) is 57.5 Å². The molecule has 17 heavy (non-hydrogen) atoms. The lowest BCUT2D eigenvalue weighted by molar-refractivity contribution is 0.00641. The van der Waals surface area contributed by atoms with Gasteiger partial charge < -0.3 is 9.64 Å². The first kappa shape index (κ1) is 12.9. The Morgan fingerprint density at radius 2 is 1.82 bits per heavy atom. The molecular formula is C14H26N2O. The maximum absolute atomic E-state index is 8.28. The molecule has 0 aromatic carbocycles. The first-order valence-electron chi connectivity index (χ1n) is 7.18. The molecule has 1 aliphatic carbocycles. The third-order valence-electron chi connectivity index (χ3n) is 4.15. The molecule has 0 amide bonds. The summed E-state index contributed by atoms with van der Waals surface area (Å²) < 4.78 is 5.75. The highest BCUT2D eigenvalue weighted by Crippen LogP contribution is 2.25. The molecule has 3 nitrogen and oxygen atoms in total. The van der Waals surface area contributed by atoms with E-state index >= 15 is 0 Å². The number of rotatable bonds is 3. The fraction of sp³-hybridized carbons (Fsp3) is 0.929. The number of likely N-dealkylation sites (N-methyl/N-ethyl adjacent to an activating group) is 1. The topological polar surface area (TPSA) is 36.3 Å². The Morgan fingerprint density at radius 1 is 1.12 bits per heavy atom. The van der Waals surface area contributed by atoms with Crippen LogP contribution in [0, 0.1) is 11.3 Å². The number of hydrogen-bond donors (Lipinski definition) is 1. The van der Waals surface area contributed by atoms with Crippen molar-refractivity contribution in [2.75, 3.05) is 20.2 Å². The summed E-state index contributed by atoms with van der Waals surface area (Å²) in [6.45, 7) is 1.82. The van der Waals surface area contributed by atoms with E-state index in [1.54, 1.807) is 0 Å². The van der Waals surface area contributed by atoms with Gasteiger partial charge in [-0.25, -0.2) is 0 Å². The molecule has 0 aromatic rings. The molecule has 1 atom stereocenters. The van der Waals surface area contributed by atoms with Gasteiger partial charge in [-0.1, -0.05) is 19.3 Å². The molecule has 0 radical (unpaired) electrons. The molecule has 1 heterocycles. The van der Waals surface area contributed by atoms with Crippen LogP contribution >= 0.6 is 0 Å². The molecule has 1 N–H and O–H groups in total. The standard InChI is InChI=1S/C14H26N2O/c1-16(11-13-9-5-6-10-17-13)14(15)12-7-3-2-4-8-12/h12-13,15H,2-11H2,1H3. The Bertz CT molecular complexity index is 243. The molecule has 1 aliphatic heterocycles. The van der Waals surface area contributed by atoms with E-state index in [0.29, 0.717) is 12.0 Å². The summed E-state index contributed by atoms with van der Waals surface area (Å²) in [4.78, 5) is 2.13. The van der Waals surface area contributed by atoms with Crippen LogP contribution in [0.1, 0.15) is 51.4 Å². The highest BCUT2D eigenvalue weighted by Gasteiger charge is 2.23. The number of ether oxygens (including phenoxy) is 1. The van der Waals surface area contributed by atoms with Gasteiger partial charge in [-0.2, -0.15) is 0 Å². The predicted octanol–water partition coefficient (Wildman–Crippen LogP) is 3.04. The summed E-state index contributed by atoms with van der Waals surface area (Å²) in [5.41, 5.74) is 0. The zero-order chi connectivity index (χ0) is 12.1. The van der Waals surface area contributed by atoms with E-state index < -0.39 is 0 Å². The molecule has 2 rings (SSSR count). The number of amidine groups is 1. The minimum Gasteiger partial charge on any atom is -0.376 e. The van der Waals surface area contributed by atoms with E-state index in [2.05, 4.69) is 11.9 Å². The summed E-state index contributed by atoms with van der Waals surface area (Å²) >= 11 is 0. The maximum atomic E-state index is 8.28. The molecule has 0 bridgehead atoms. The van der Waals surface area contributed by atoms with Crippen molar-refractivity contribution in [1.29, 1.82) is 5.41 Å². The average Bonchev–Trinajstić information content (AvgIpc) is 2.40. The molecule has 1 unspecified atom stereocenters. The molecule has 3 heteroatoms. The van der Waals surface area contributed by atoms with Crippen molar-refractivity contribution in [2.24, 2.45) is 5.92 Å². The van der Waals surface area contributed by atoms with E-state index in [1.165, 1.54) is 51.4 Å². The van der Waals surface area contributed by atoms with Gasteiger partial charge in [0.15, 0.2) is 0 Å². The van der Waals surface area contributed by atoms with Gasteiger partial charge >= 0.3 is 0 Å². The first-order chi connectivity index (χ1) is 8.27. The quantitative estimate of drug-likeness (QED) is 0.606. The predicted molar refractivity (Wildman–Crippen MR) is 70.5 cm³/mol. The molecule has 1 saturated carbocycles. The van der Waals surface area contributed by atoms with Crippen LogP contribution in [0.4, 0.5) is 0 Å². The molecule has 98 valence electrons. The average molecular weight is 238 g/mol. The highest BCUT2D eigenvalue weighted by atomic mass is 16.5. The third kappa shape index (κ3) is 3.70. The second kappa shape index (κ2) is 6.39. The lowest BCUT2D eigenvalue weighted by Gasteiger charge is -2.33. The number of nitrogens with zero attached hydrogens (tertiary/aromatic N) is 1. The van der Waals surface area contributed by atoms with Gasteiger partial charge in [0.25, 0.3) is 0 Å². The van der Waals surface area contributed by atoms with Crippen LogP contribution in [0.5, 0.6) is 0 Å². The van der Waals surface area contributed by atoms with Crippen LogP contribution < -0.4 is 0 Å². The van der Waals surface area contributed by atoms with Crippen molar-refractivity contribution in [3.63, 3.8) is 0 Å². The summed E-state index contributed by atoms with van der Waals surface area (Å²) in [5, 5.41) is 8.28. The smallest absolute Gasteiger partial charge is 0.0987 e. The second-order valence-corrected chi connectivity index (χ2v) is 5.59. The van der Waals surface area contributed by atoms with E-state index in [1.807, 2.05) is 0 Å². The zero-order valence-corrected chi connectivity index (χ0v) is 11.1. The molecule has 0 spiro atoms. The van der Waals surface area contributed by atoms with Crippen LogP contribution in [-0.2, 0) is 4.74 Å². The lowest BCUT2D eigenvalue weighted by atomic mass is 9.88. The first-order valence-corrected chi connectivity index (χ1v) is 7.18. The molecule has 2 fully saturated rings. The molecular weight excluding hydrogens is 212 g/mol. The van der Waals surface area contributed by atoms with Crippen LogP contribution in [0.2, 0.25) is 0 Å². The van der Waals surface area contributed by atoms with Gasteiger partial charge in [0.05, 0.1) is 11.9 Å². The maximum Gasteiger partial charge on any atom is 0.0987 e. The van der Waals surface area contributed by atoms with Crippen molar-refractivity contribution in [3.8, 4) is 0 Å². The zero-order valence-electron chi connectivity index (χ0n) is 11.1. The number of hydrogen-bond acceptors (Lipinski definition) is 2. The van der Waals surface area contributed by atoms with Gasteiger partial charge in [0.1, 0.15) is 0 Å². The van der Waals surface area contributed by atoms with Crippen molar-refractivity contribution < 1.29 is 4.74 Å². The van der Waals surface area contributed by atoms with Gasteiger partial charge in [0, 0.05) is 26.1 Å². The van der Waals surface area contributed by atoms with Crippen LogP contribution in [0.25, 0.3) is 0 Å². The fourth-order valence-corrected chi connectivity index (χ4v) is 3.04. The van der Waals surface area contributed by atoms with Crippen molar-refractivity contribution >= 4 is 5.84 Å². The van der Waals surface area contributed by atoms with E-state index in [-0.39, 0.29) is 0 Å². The Morgan fingerprint density at radius 3 is 2.47 bits per heavy atom. The highest BCUT2D eigenvalue weighted by molar-refractivity contribution is 5.81. The molecule has 0 aromatic heterocycles. The minimum atomic E-state index is 0.359. The minimum absolute atomic E-state index is 0.359.